The number of unbranched alkanes of at least 4 members (excludes halogenated alkanes) is 16. The van der Waals surface area contributed by atoms with Crippen molar-refractivity contribution in [1.82, 2.24) is 0 Å². The minimum Gasteiger partial charge on any atom is -0.462 e. The van der Waals surface area contributed by atoms with Crippen molar-refractivity contribution in [2.24, 2.45) is 0 Å². The molecule has 0 aromatic heterocycles. The van der Waals surface area contributed by atoms with Crippen LogP contribution in [0.5, 0.6) is 0 Å². The van der Waals surface area contributed by atoms with Gasteiger partial charge in [-0.1, -0.05) is 244 Å². The number of rotatable bonds is 51. The van der Waals surface area contributed by atoms with E-state index in [-0.39, 0.29) is 44.0 Å². The summed E-state index contributed by atoms with van der Waals surface area (Å²) < 4.78 is 16.8. The Labute approximate surface area is 448 Å². The monoisotopic (exact) mass is 1010 g/mol. The first-order chi connectivity index (χ1) is 36.0. The molecule has 0 spiro atoms. The Bertz CT molecular complexity index is 1630. The maximum atomic E-state index is 12.9. The summed E-state index contributed by atoms with van der Waals surface area (Å²) in [6.45, 7) is 6.33. The molecule has 0 aromatic rings. The van der Waals surface area contributed by atoms with Gasteiger partial charge in [0.05, 0.1) is 0 Å². The van der Waals surface area contributed by atoms with Gasteiger partial charge in [-0.2, -0.15) is 0 Å². The lowest BCUT2D eigenvalue weighted by atomic mass is 10.0. The van der Waals surface area contributed by atoms with Gasteiger partial charge in [0.1, 0.15) is 13.2 Å². The fourth-order valence-electron chi connectivity index (χ4n) is 7.51. The Kier molecular flexibility index (Phi) is 56.0. The van der Waals surface area contributed by atoms with E-state index in [1.807, 2.05) is 0 Å². The smallest absolute Gasteiger partial charge is 0.306 e. The first kappa shape index (κ1) is 68.3. The molecule has 0 saturated carbocycles. The van der Waals surface area contributed by atoms with Crippen molar-refractivity contribution in [2.45, 2.75) is 245 Å². The molecule has 0 amide bonds. The molecule has 410 valence electrons. The average Bonchev–Trinajstić information content (AvgIpc) is 3.39. The summed E-state index contributed by atoms with van der Waals surface area (Å²) in [5.74, 6) is -1.01. The fourth-order valence-corrected chi connectivity index (χ4v) is 7.51. The summed E-state index contributed by atoms with van der Waals surface area (Å²) in [5, 5.41) is 0. The Morgan fingerprint density at radius 2 is 0.534 bits per heavy atom. The Balaban J connectivity index is 4.56. The zero-order valence-electron chi connectivity index (χ0n) is 46.8. The second-order valence-corrected chi connectivity index (χ2v) is 18.8. The summed E-state index contributed by atoms with van der Waals surface area (Å²) >= 11 is 0. The number of allylic oxidation sites excluding steroid dienone is 24. The van der Waals surface area contributed by atoms with Crippen LogP contribution in [0.15, 0.2) is 146 Å². The van der Waals surface area contributed by atoms with Crippen molar-refractivity contribution in [3.8, 4) is 0 Å². The van der Waals surface area contributed by atoms with E-state index in [0.717, 1.165) is 122 Å². The van der Waals surface area contributed by atoms with Gasteiger partial charge < -0.3 is 14.2 Å². The molecule has 0 rings (SSSR count). The summed E-state index contributed by atoms with van der Waals surface area (Å²) in [7, 11) is 0. The Hall–Kier alpha value is -4.71. The zero-order chi connectivity index (χ0) is 52.9. The van der Waals surface area contributed by atoms with E-state index < -0.39 is 6.10 Å². The first-order valence-electron chi connectivity index (χ1n) is 29.3. The van der Waals surface area contributed by atoms with Crippen molar-refractivity contribution in [1.29, 1.82) is 0 Å². The fraction of sp³-hybridized carbons (Fsp3) is 0.597. The van der Waals surface area contributed by atoms with E-state index in [0.29, 0.717) is 19.3 Å². The number of esters is 3. The maximum Gasteiger partial charge on any atom is 0.306 e. The van der Waals surface area contributed by atoms with Crippen LogP contribution < -0.4 is 0 Å². The molecule has 0 saturated heterocycles. The van der Waals surface area contributed by atoms with Crippen molar-refractivity contribution in [2.75, 3.05) is 13.2 Å². The van der Waals surface area contributed by atoms with Crippen LogP contribution in [0.4, 0.5) is 0 Å². The topological polar surface area (TPSA) is 78.9 Å². The molecular formula is C67H106O6. The Morgan fingerprint density at radius 1 is 0.288 bits per heavy atom. The van der Waals surface area contributed by atoms with Gasteiger partial charge in [-0.05, 0) is 122 Å². The summed E-state index contributed by atoms with van der Waals surface area (Å²) in [6, 6.07) is 0. The van der Waals surface area contributed by atoms with Gasteiger partial charge in [0, 0.05) is 19.3 Å². The van der Waals surface area contributed by atoms with Crippen LogP contribution in [-0.2, 0) is 28.6 Å². The van der Waals surface area contributed by atoms with E-state index in [4.69, 9.17) is 14.2 Å². The molecule has 0 radical (unpaired) electrons. The number of ether oxygens (including phenoxy) is 3. The van der Waals surface area contributed by atoms with E-state index in [9.17, 15) is 14.4 Å². The van der Waals surface area contributed by atoms with Gasteiger partial charge in [-0.15, -0.1) is 0 Å². The molecule has 6 heteroatoms. The summed E-state index contributed by atoms with van der Waals surface area (Å²) in [6.07, 6.45) is 85.5. The number of carbonyl (C=O) groups excluding carboxylic acids is 3. The van der Waals surface area contributed by atoms with Crippen molar-refractivity contribution < 1.29 is 28.6 Å². The second-order valence-electron chi connectivity index (χ2n) is 18.8. The van der Waals surface area contributed by atoms with Crippen molar-refractivity contribution >= 4 is 17.9 Å². The van der Waals surface area contributed by atoms with E-state index in [2.05, 4.69) is 167 Å². The highest BCUT2D eigenvalue weighted by atomic mass is 16.6. The van der Waals surface area contributed by atoms with Gasteiger partial charge in [0.2, 0.25) is 0 Å². The molecule has 0 N–H and O–H groups in total. The lowest BCUT2D eigenvalue weighted by Crippen LogP contribution is -2.30. The number of hydrogen-bond acceptors (Lipinski definition) is 6. The van der Waals surface area contributed by atoms with Crippen LogP contribution in [0.3, 0.4) is 0 Å². The highest BCUT2D eigenvalue weighted by Gasteiger charge is 2.19. The van der Waals surface area contributed by atoms with Crippen LogP contribution in [0.25, 0.3) is 0 Å². The van der Waals surface area contributed by atoms with Crippen molar-refractivity contribution in [3.63, 3.8) is 0 Å². The third kappa shape index (κ3) is 58.1. The molecule has 6 nitrogen and oxygen atoms in total. The third-order valence-electron chi connectivity index (χ3n) is 11.8. The molecule has 1 atom stereocenters. The minimum atomic E-state index is -0.825. The lowest BCUT2D eigenvalue weighted by molar-refractivity contribution is -0.167. The normalized spacial score (nSPS) is 13.2. The summed E-state index contributed by atoms with van der Waals surface area (Å²) in [4.78, 5) is 38.2. The van der Waals surface area contributed by atoms with Crippen LogP contribution in [-0.4, -0.2) is 37.2 Å². The van der Waals surface area contributed by atoms with E-state index in [1.54, 1.807) is 0 Å². The van der Waals surface area contributed by atoms with Gasteiger partial charge in [-0.3, -0.25) is 14.4 Å². The van der Waals surface area contributed by atoms with E-state index in [1.165, 1.54) is 64.2 Å². The third-order valence-corrected chi connectivity index (χ3v) is 11.8. The minimum absolute atomic E-state index is 0.114. The van der Waals surface area contributed by atoms with Gasteiger partial charge in [0.25, 0.3) is 0 Å². The zero-order valence-corrected chi connectivity index (χ0v) is 46.8. The van der Waals surface area contributed by atoms with E-state index >= 15 is 0 Å². The maximum absolute atomic E-state index is 12.9. The van der Waals surface area contributed by atoms with Crippen LogP contribution in [0.2, 0.25) is 0 Å². The predicted molar refractivity (Wildman–Crippen MR) is 315 cm³/mol. The van der Waals surface area contributed by atoms with Crippen LogP contribution in [0, 0.1) is 0 Å². The molecule has 1 unspecified atom stereocenters. The molecule has 0 fully saturated rings. The number of hydrogen-bond donors (Lipinski definition) is 0. The highest BCUT2D eigenvalue weighted by Crippen LogP contribution is 2.14. The first-order valence-corrected chi connectivity index (χ1v) is 29.3. The molecule has 0 bridgehead atoms. The molecule has 0 aromatic carbocycles. The summed E-state index contributed by atoms with van der Waals surface area (Å²) in [5.41, 5.74) is 0. The largest absolute Gasteiger partial charge is 0.462 e. The van der Waals surface area contributed by atoms with Crippen LogP contribution >= 0.6 is 0 Å². The standard InChI is InChI=1S/C67H106O6/c1-4-7-10-13-16-19-22-25-27-29-31-33-35-37-39-42-45-48-51-54-57-60-66(69)72-63-64(62-71-65(68)59-56-53-50-47-44-41-24-21-18-15-12-9-6-3)73-67(70)61-58-55-52-49-46-43-40-38-36-34-32-30-28-26-23-20-17-14-11-8-5-2/h7-8,10-11,16-17,19-20,25-28,31-34,37-40,45-46,48-49,64H,4-6,9,12-15,18,21-24,29-30,35-36,41-44,47,50-63H2,1-3H3/b10-7-,11-8-,19-16-,20-17-,27-25-,28-26-,33-31-,34-32-,39-37-,40-38-,48-45-,49-46-. The average molecular weight is 1010 g/mol. The molecule has 0 heterocycles. The molecule has 73 heavy (non-hydrogen) atoms. The molecular weight excluding hydrogens is 901 g/mol. The second kappa shape index (κ2) is 59.8. The molecule has 0 aliphatic heterocycles. The van der Waals surface area contributed by atoms with Gasteiger partial charge in [0.15, 0.2) is 6.10 Å². The quantitative estimate of drug-likeness (QED) is 0.0261. The van der Waals surface area contributed by atoms with Gasteiger partial charge >= 0.3 is 17.9 Å². The van der Waals surface area contributed by atoms with Crippen LogP contribution in [0.1, 0.15) is 239 Å². The van der Waals surface area contributed by atoms with Crippen molar-refractivity contribution in [3.05, 3.63) is 146 Å². The lowest BCUT2D eigenvalue weighted by Gasteiger charge is -2.18. The molecule has 0 aliphatic rings. The SMILES string of the molecule is CC/C=C\C/C=C\C/C=C\C/C=C\C/C=C\C/C=C\CCCCC(=O)OCC(COC(=O)CCCCCCCCCCCCCCC)OC(=O)CCCC/C=C\C/C=C\C/C=C\C/C=C\C/C=C\C/C=C\CC. The highest BCUT2D eigenvalue weighted by molar-refractivity contribution is 5.71. The molecule has 0 aliphatic carbocycles. The Morgan fingerprint density at radius 3 is 0.836 bits per heavy atom. The number of carbonyl (C=O) groups is 3. The van der Waals surface area contributed by atoms with Gasteiger partial charge in [-0.25, -0.2) is 0 Å². The predicted octanol–water partition coefficient (Wildman–Crippen LogP) is 20.0.